The molecule has 134 valence electrons. The van der Waals surface area contributed by atoms with Crippen LogP contribution in [0.25, 0.3) is 16.8 Å². The van der Waals surface area contributed by atoms with Gasteiger partial charge in [-0.05, 0) is 31.2 Å². The second-order valence-corrected chi connectivity index (χ2v) is 6.37. The number of nitrogens with one attached hydrogen (secondary N) is 1. The molecule has 0 aliphatic carbocycles. The summed E-state index contributed by atoms with van der Waals surface area (Å²) in [5.74, 6) is -0.353. The van der Waals surface area contributed by atoms with E-state index in [1.807, 2.05) is 35.7 Å². The van der Waals surface area contributed by atoms with Crippen LogP contribution in [-0.2, 0) is 4.74 Å². The Kier molecular flexibility index (Phi) is 5.98. The number of carbonyl (C=O) groups excluding carboxylic acids is 1. The molecule has 27 heavy (non-hydrogen) atoms. The number of anilines is 1. The minimum Gasteiger partial charge on any atom is -0.462 e. The highest BCUT2D eigenvalue weighted by molar-refractivity contribution is 7.11. The van der Waals surface area contributed by atoms with Gasteiger partial charge in [0, 0.05) is 22.8 Å². The molecule has 1 N–H and O–H groups in total. The van der Waals surface area contributed by atoms with E-state index in [1.165, 1.54) is 11.3 Å². The van der Waals surface area contributed by atoms with E-state index in [1.54, 1.807) is 37.4 Å². The van der Waals surface area contributed by atoms with Crippen molar-refractivity contribution in [2.24, 2.45) is 0 Å². The maximum absolute atomic E-state index is 11.7. The van der Waals surface area contributed by atoms with Crippen molar-refractivity contribution in [3.05, 3.63) is 76.7 Å². The fraction of sp³-hybridized carbons (Fsp3) is 0.0952. The summed E-state index contributed by atoms with van der Waals surface area (Å²) in [5.41, 5.74) is 3.54. The largest absolute Gasteiger partial charge is 0.462 e. The normalized spacial score (nSPS) is 10.9. The summed E-state index contributed by atoms with van der Waals surface area (Å²) in [6.07, 6.45) is 1.62. The van der Waals surface area contributed by atoms with Crippen molar-refractivity contribution in [2.45, 2.75) is 6.92 Å². The predicted octanol–water partition coefficient (Wildman–Crippen LogP) is 4.96. The Bertz CT molecular complexity index is 986. The average molecular weight is 375 g/mol. The Morgan fingerprint density at radius 1 is 1.22 bits per heavy atom. The van der Waals surface area contributed by atoms with Crippen LogP contribution >= 0.6 is 11.3 Å². The summed E-state index contributed by atoms with van der Waals surface area (Å²) in [7, 11) is 0. The lowest BCUT2D eigenvalue weighted by molar-refractivity contribution is 0.0526. The summed E-state index contributed by atoms with van der Waals surface area (Å²) in [6, 6.07) is 18.9. The maximum atomic E-state index is 11.7. The topological polar surface area (TPSA) is 75.0 Å². The number of allylic oxidation sites excluding steroid dienone is 1. The fourth-order valence-corrected chi connectivity index (χ4v) is 3.15. The first-order valence-electron chi connectivity index (χ1n) is 8.36. The third-order valence-corrected chi connectivity index (χ3v) is 4.58. The van der Waals surface area contributed by atoms with Crippen molar-refractivity contribution >= 4 is 28.6 Å². The highest BCUT2D eigenvalue weighted by Crippen LogP contribution is 2.26. The lowest BCUT2D eigenvalue weighted by atomic mass is 10.2. The van der Waals surface area contributed by atoms with Gasteiger partial charge in [-0.1, -0.05) is 30.3 Å². The Morgan fingerprint density at radius 3 is 2.63 bits per heavy atom. The van der Waals surface area contributed by atoms with Crippen LogP contribution in [0.5, 0.6) is 0 Å². The zero-order valence-corrected chi connectivity index (χ0v) is 15.5. The average Bonchev–Trinajstić information content (AvgIpc) is 3.20. The third kappa shape index (κ3) is 4.60. The molecule has 0 spiro atoms. The van der Waals surface area contributed by atoms with Crippen molar-refractivity contribution in [3.8, 4) is 17.3 Å². The van der Waals surface area contributed by atoms with Gasteiger partial charge in [0.2, 0.25) is 0 Å². The minimum atomic E-state index is -0.353. The van der Waals surface area contributed by atoms with E-state index in [2.05, 4.69) is 16.4 Å². The molecule has 0 bridgehead atoms. The second kappa shape index (κ2) is 8.79. The number of aromatic nitrogens is 1. The number of rotatable bonds is 6. The lowest BCUT2D eigenvalue weighted by Gasteiger charge is -2.04. The van der Waals surface area contributed by atoms with Crippen LogP contribution in [-0.4, -0.2) is 17.6 Å². The first kappa shape index (κ1) is 18.4. The van der Waals surface area contributed by atoms with E-state index in [-0.39, 0.29) is 5.97 Å². The van der Waals surface area contributed by atoms with E-state index in [0.717, 1.165) is 16.9 Å². The van der Waals surface area contributed by atoms with Crippen molar-refractivity contribution in [3.63, 3.8) is 0 Å². The highest BCUT2D eigenvalue weighted by Gasteiger charge is 2.09. The molecule has 0 amide bonds. The number of ether oxygens (including phenoxy) is 1. The summed E-state index contributed by atoms with van der Waals surface area (Å²) < 4.78 is 4.96. The highest BCUT2D eigenvalue weighted by atomic mass is 32.1. The minimum absolute atomic E-state index is 0.339. The molecule has 6 heteroatoms. The Balaban J connectivity index is 1.73. The van der Waals surface area contributed by atoms with Crippen LogP contribution in [0, 0.1) is 11.3 Å². The summed E-state index contributed by atoms with van der Waals surface area (Å²) >= 11 is 1.42. The summed E-state index contributed by atoms with van der Waals surface area (Å²) in [5, 5.41) is 15.1. The smallest absolute Gasteiger partial charge is 0.338 e. The van der Waals surface area contributed by atoms with Crippen LogP contribution in [0.3, 0.4) is 0 Å². The number of nitrogens with zero attached hydrogens (tertiary/aromatic N) is 2. The number of hydrogen-bond donors (Lipinski definition) is 1. The number of nitriles is 1. The third-order valence-electron chi connectivity index (χ3n) is 3.70. The first-order valence-corrected chi connectivity index (χ1v) is 9.24. The quantitative estimate of drug-likeness (QED) is 0.487. The van der Waals surface area contributed by atoms with Crippen LogP contribution in [0.2, 0.25) is 0 Å². The van der Waals surface area contributed by atoms with Crippen molar-refractivity contribution < 1.29 is 9.53 Å². The molecule has 0 aliphatic heterocycles. The molecule has 0 atom stereocenters. The first-order chi connectivity index (χ1) is 13.2. The molecule has 3 aromatic rings. The SMILES string of the molecule is CCOC(=O)c1ccc(NC=C(C#N)c2nc(-c3ccccc3)cs2)cc1. The molecule has 0 unspecified atom stereocenters. The molecular formula is C21H17N3O2S. The Labute approximate surface area is 161 Å². The molecule has 1 aromatic heterocycles. The van der Waals surface area contributed by atoms with E-state index in [0.29, 0.717) is 22.8 Å². The summed E-state index contributed by atoms with van der Waals surface area (Å²) in [4.78, 5) is 16.2. The van der Waals surface area contributed by atoms with Crippen LogP contribution in [0.1, 0.15) is 22.3 Å². The van der Waals surface area contributed by atoms with E-state index in [9.17, 15) is 10.1 Å². The van der Waals surface area contributed by atoms with E-state index < -0.39 is 0 Å². The second-order valence-electron chi connectivity index (χ2n) is 5.52. The number of carbonyl (C=O) groups is 1. The van der Waals surface area contributed by atoms with Crippen molar-refractivity contribution in [1.29, 1.82) is 5.26 Å². The van der Waals surface area contributed by atoms with Crippen molar-refractivity contribution in [1.82, 2.24) is 4.98 Å². The molecular weight excluding hydrogens is 358 g/mol. The maximum Gasteiger partial charge on any atom is 0.338 e. The lowest BCUT2D eigenvalue weighted by Crippen LogP contribution is -2.04. The molecule has 3 rings (SSSR count). The van der Waals surface area contributed by atoms with Gasteiger partial charge in [0.05, 0.1) is 17.9 Å². The molecule has 1 heterocycles. The van der Waals surface area contributed by atoms with E-state index in [4.69, 9.17) is 4.74 Å². The Morgan fingerprint density at radius 2 is 1.96 bits per heavy atom. The fourth-order valence-electron chi connectivity index (χ4n) is 2.35. The van der Waals surface area contributed by atoms with Crippen molar-refractivity contribution in [2.75, 3.05) is 11.9 Å². The number of hydrogen-bond acceptors (Lipinski definition) is 6. The van der Waals surface area contributed by atoms with Gasteiger partial charge in [-0.25, -0.2) is 9.78 Å². The summed E-state index contributed by atoms with van der Waals surface area (Å²) in [6.45, 7) is 2.11. The predicted molar refractivity (Wildman–Crippen MR) is 107 cm³/mol. The monoisotopic (exact) mass is 375 g/mol. The van der Waals surface area contributed by atoms with Crippen LogP contribution < -0.4 is 5.32 Å². The number of esters is 1. The van der Waals surface area contributed by atoms with Gasteiger partial charge in [0.15, 0.2) is 0 Å². The number of benzene rings is 2. The van der Waals surface area contributed by atoms with Gasteiger partial charge >= 0.3 is 5.97 Å². The van der Waals surface area contributed by atoms with Crippen LogP contribution in [0.15, 0.2) is 66.2 Å². The zero-order chi connectivity index (χ0) is 19.1. The van der Waals surface area contributed by atoms with Gasteiger partial charge in [-0.2, -0.15) is 5.26 Å². The molecule has 5 nitrogen and oxygen atoms in total. The Hall–Kier alpha value is -3.43. The molecule has 2 aromatic carbocycles. The molecule has 0 aliphatic rings. The van der Waals surface area contributed by atoms with Gasteiger partial charge in [-0.3, -0.25) is 0 Å². The molecule has 0 saturated carbocycles. The van der Waals surface area contributed by atoms with Gasteiger partial charge in [0.25, 0.3) is 0 Å². The van der Waals surface area contributed by atoms with Gasteiger partial charge in [-0.15, -0.1) is 11.3 Å². The number of thiazole rings is 1. The van der Waals surface area contributed by atoms with Gasteiger partial charge < -0.3 is 10.1 Å². The zero-order valence-electron chi connectivity index (χ0n) is 14.7. The molecule has 0 saturated heterocycles. The molecule has 0 radical (unpaired) electrons. The van der Waals surface area contributed by atoms with Gasteiger partial charge in [0.1, 0.15) is 16.6 Å². The standard InChI is InChI=1S/C21H17N3O2S/c1-2-26-21(25)16-8-10-18(11-9-16)23-13-17(12-22)20-24-19(14-27-20)15-6-4-3-5-7-15/h3-11,13-14,23H,2H2,1H3. The van der Waals surface area contributed by atoms with Crippen LogP contribution in [0.4, 0.5) is 5.69 Å². The molecule has 0 fully saturated rings. The van der Waals surface area contributed by atoms with E-state index >= 15 is 0 Å².